The van der Waals surface area contributed by atoms with Crippen LogP contribution in [0.1, 0.15) is 69.2 Å². The summed E-state index contributed by atoms with van der Waals surface area (Å²) in [7, 11) is -9.12. The molecular formula is C30H54FeN2O18P4S. The fourth-order valence-electron chi connectivity index (χ4n) is 3.55. The second-order valence-corrected chi connectivity index (χ2v) is 21.1. The maximum absolute atomic E-state index is 11.7. The van der Waals surface area contributed by atoms with Crippen LogP contribution in [0.4, 0.5) is 0 Å². The SMILES string of the molecule is CC(=O)OCP(COC(C)=O)CN1CP(COC(C)=O)CN(CP(COC(C)=O)COC(C)=O)CP(COC(C)=O)C1.CC(C)=O.CC(C)=O.O=S(=O)([O-])[O-].[Fe+2]. The molecule has 0 aromatic heterocycles. The summed E-state index contributed by atoms with van der Waals surface area (Å²) < 4.78 is 65.9. The Morgan fingerprint density at radius 3 is 0.821 bits per heavy atom. The van der Waals surface area contributed by atoms with Gasteiger partial charge in [0.15, 0.2) is 0 Å². The van der Waals surface area contributed by atoms with Crippen molar-refractivity contribution in [2.75, 3.05) is 75.8 Å². The van der Waals surface area contributed by atoms with E-state index < -0.39 is 77.9 Å². The number of Topliss-reactive ketones (excluding diaryl/α,β-unsaturated/α-hetero) is 2. The monoisotopic (exact) mass is 942 g/mol. The quantitative estimate of drug-likeness (QED) is 0.0536. The summed E-state index contributed by atoms with van der Waals surface area (Å²) in [6.45, 7) is 14.1. The molecule has 0 amide bonds. The number of rotatable bonds is 16. The van der Waals surface area contributed by atoms with Gasteiger partial charge in [0.1, 0.15) is 49.7 Å². The molecular weight excluding hydrogens is 888 g/mol. The summed E-state index contributed by atoms with van der Waals surface area (Å²) in [4.78, 5) is 92.6. The van der Waals surface area contributed by atoms with Crippen molar-refractivity contribution in [1.82, 2.24) is 9.80 Å². The molecule has 1 aliphatic heterocycles. The van der Waals surface area contributed by atoms with Crippen LogP contribution in [-0.4, -0.2) is 151 Å². The second-order valence-electron chi connectivity index (χ2n) is 11.7. The molecule has 1 rings (SSSR count). The van der Waals surface area contributed by atoms with Crippen molar-refractivity contribution in [3.8, 4) is 0 Å². The van der Waals surface area contributed by atoms with E-state index in [1.54, 1.807) is 0 Å². The second kappa shape index (κ2) is 35.2. The van der Waals surface area contributed by atoms with Gasteiger partial charge in [-0.2, -0.15) is 0 Å². The normalized spacial score (nSPS) is 15.5. The Kier molecular flexibility index (Phi) is 38.2. The van der Waals surface area contributed by atoms with Crippen LogP contribution in [-0.2, 0) is 94.2 Å². The summed E-state index contributed by atoms with van der Waals surface area (Å²) in [5, 5.41) is 0. The van der Waals surface area contributed by atoms with Gasteiger partial charge in [0, 0.05) is 89.7 Å². The summed E-state index contributed by atoms with van der Waals surface area (Å²) in [6.07, 6.45) is 4.23. The van der Waals surface area contributed by atoms with Gasteiger partial charge in [0.25, 0.3) is 0 Å². The molecule has 0 radical (unpaired) electrons. The Morgan fingerprint density at radius 1 is 0.482 bits per heavy atom. The number of nitrogens with zero attached hydrogens (tertiary/aromatic N) is 2. The molecule has 0 aromatic rings. The van der Waals surface area contributed by atoms with Gasteiger partial charge in [-0.3, -0.25) is 47.0 Å². The first-order chi connectivity index (χ1) is 25.2. The van der Waals surface area contributed by atoms with Crippen molar-refractivity contribution in [3.63, 3.8) is 0 Å². The van der Waals surface area contributed by atoms with E-state index in [4.69, 9.17) is 45.9 Å². The Bertz CT molecular complexity index is 1200. The van der Waals surface area contributed by atoms with E-state index in [-0.39, 0.29) is 66.7 Å². The minimum absolute atomic E-state index is 0. The Labute approximate surface area is 344 Å². The van der Waals surface area contributed by atoms with Crippen LogP contribution in [0.15, 0.2) is 0 Å². The first-order valence-electron chi connectivity index (χ1n) is 15.9. The topological polar surface area (TPSA) is 279 Å². The molecule has 1 saturated heterocycles. The van der Waals surface area contributed by atoms with Crippen LogP contribution in [0.3, 0.4) is 0 Å². The van der Waals surface area contributed by atoms with Gasteiger partial charge in [-0.25, -0.2) is 0 Å². The molecule has 0 atom stereocenters. The predicted molar refractivity (Wildman–Crippen MR) is 204 cm³/mol. The van der Waals surface area contributed by atoms with Crippen LogP contribution >= 0.6 is 31.7 Å². The first kappa shape index (κ1) is 60.9. The van der Waals surface area contributed by atoms with Crippen LogP contribution in [0.5, 0.6) is 0 Å². The summed E-state index contributed by atoms with van der Waals surface area (Å²) in [5.41, 5.74) is 0. The van der Waals surface area contributed by atoms with Gasteiger partial charge in [-0.15, -0.1) is 0 Å². The van der Waals surface area contributed by atoms with Crippen LogP contribution < -0.4 is 0 Å². The van der Waals surface area contributed by atoms with Crippen molar-refractivity contribution in [2.45, 2.75) is 69.2 Å². The molecule has 0 unspecified atom stereocenters. The number of ether oxygens (including phenoxy) is 6. The van der Waals surface area contributed by atoms with Gasteiger partial charge in [-0.1, -0.05) is 0 Å². The molecule has 0 aliphatic carbocycles. The van der Waals surface area contributed by atoms with Crippen molar-refractivity contribution in [3.05, 3.63) is 0 Å². The molecule has 326 valence electrons. The van der Waals surface area contributed by atoms with Crippen molar-refractivity contribution in [1.29, 1.82) is 0 Å². The van der Waals surface area contributed by atoms with Gasteiger partial charge in [0.05, 0.1) is 0 Å². The Morgan fingerprint density at radius 2 is 0.661 bits per heavy atom. The number of carbonyl (C=O) groups excluding carboxylic acids is 8. The van der Waals surface area contributed by atoms with E-state index in [2.05, 4.69) is 9.80 Å². The molecule has 1 aliphatic rings. The van der Waals surface area contributed by atoms with E-state index in [1.807, 2.05) is 0 Å². The molecule has 0 N–H and O–H groups in total. The maximum Gasteiger partial charge on any atom is 2.00 e. The minimum Gasteiger partial charge on any atom is -0.759 e. The number of carbonyl (C=O) groups is 8. The Balaban J connectivity index is -0.000000830. The molecule has 1 fully saturated rings. The molecule has 0 spiro atoms. The smallest absolute Gasteiger partial charge is 0.759 e. The fraction of sp³-hybridized carbons (Fsp3) is 0.733. The molecule has 0 saturated carbocycles. The van der Waals surface area contributed by atoms with Crippen LogP contribution in [0.2, 0.25) is 0 Å². The number of hydrogen-bond donors (Lipinski definition) is 0. The van der Waals surface area contributed by atoms with E-state index in [1.165, 1.54) is 69.2 Å². The number of ketones is 2. The summed E-state index contributed by atoms with van der Waals surface area (Å²) in [5.74, 6) is -2.17. The third-order valence-electron chi connectivity index (χ3n) is 5.10. The average Bonchev–Trinajstić information content (AvgIpc) is 2.98. The molecule has 20 nitrogen and oxygen atoms in total. The number of esters is 6. The number of hydrogen-bond acceptors (Lipinski definition) is 20. The first-order valence-corrected chi connectivity index (χ1v) is 24.9. The molecule has 0 bridgehead atoms. The van der Waals surface area contributed by atoms with Gasteiger partial charge in [-0.05, 0) is 59.4 Å². The van der Waals surface area contributed by atoms with Gasteiger partial charge in [0.2, 0.25) is 0 Å². The van der Waals surface area contributed by atoms with E-state index in [0.29, 0.717) is 37.7 Å². The minimum atomic E-state index is -5.17. The van der Waals surface area contributed by atoms with Crippen LogP contribution in [0, 0.1) is 0 Å². The third kappa shape index (κ3) is 50.2. The van der Waals surface area contributed by atoms with Gasteiger partial charge >= 0.3 is 52.9 Å². The molecule has 0 aromatic carbocycles. The third-order valence-corrected chi connectivity index (χ3v) is 12.9. The standard InChI is InChI=1S/C24H42N2O12P4.2C3H6O.Fe.H2O4S/c1-19(27)33-13-39-7-25(11-41(15-35-21(3)29)16-36-22(4)30)9-40(14-34-20(2)28)10-26(8-39)12-42(17-37-23(5)31)18-38-24(6)32;2*1-3(2)4;;1-5(2,3)4/h7-18H2,1-6H3;2*1-2H3;;(H2,1,2,3,4)/q;;;+2;/p-2. The maximum atomic E-state index is 11.7. The van der Waals surface area contributed by atoms with Crippen molar-refractivity contribution < 1.29 is 101 Å². The zero-order valence-corrected chi connectivity index (χ0v) is 38.8. The Hall–Kier alpha value is -1.81. The van der Waals surface area contributed by atoms with Crippen molar-refractivity contribution in [2.24, 2.45) is 0 Å². The molecule has 56 heavy (non-hydrogen) atoms. The largest absolute Gasteiger partial charge is 2.00 e. The van der Waals surface area contributed by atoms with Crippen molar-refractivity contribution >= 4 is 89.5 Å². The summed E-state index contributed by atoms with van der Waals surface area (Å²) in [6, 6.07) is 0. The molecule has 1 heterocycles. The predicted octanol–water partition coefficient (Wildman–Crippen LogP) is 3.25. The fourth-order valence-corrected chi connectivity index (χ4v) is 12.3. The zero-order chi connectivity index (χ0) is 43.3. The van der Waals surface area contributed by atoms with E-state index in [0.717, 1.165) is 0 Å². The van der Waals surface area contributed by atoms with Gasteiger partial charge < -0.3 is 47.1 Å². The van der Waals surface area contributed by atoms with E-state index in [9.17, 15) is 38.4 Å². The van der Waals surface area contributed by atoms with Crippen LogP contribution in [0.25, 0.3) is 0 Å². The summed E-state index contributed by atoms with van der Waals surface area (Å²) >= 11 is 0. The molecule has 26 heteroatoms. The average molecular weight is 943 g/mol. The zero-order valence-electron chi connectivity index (χ0n) is 33.3. The van der Waals surface area contributed by atoms with E-state index >= 15 is 0 Å².